The molecule has 0 bridgehead atoms. The van der Waals surface area contributed by atoms with Crippen LogP contribution in [0, 0.1) is 0 Å². The number of hydrogen-bond donors (Lipinski definition) is 3. The fourth-order valence-corrected chi connectivity index (χ4v) is 2.64. The topological polar surface area (TPSA) is 121 Å². The predicted octanol–water partition coefficient (Wildman–Crippen LogP) is 1.33. The van der Waals surface area contributed by atoms with Crippen molar-refractivity contribution in [2.45, 2.75) is 18.4 Å². The second-order valence-corrected chi connectivity index (χ2v) is 5.61. The Morgan fingerprint density at radius 2 is 1.79 bits per heavy atom. The van der Waals surface area contributed by atoms with Gasteiger partial charge in [-0.15, -0.1) is 0 Å². The Bertz CT molecular complexity index is 746. The monoisotopic (exact) mass is 327 g/mol. The van der Waals surface area contributed by atoms with Crippen molar-refractivity contribution in [3.05, 3.63) is 65.2 Å². The van der Waals surface area contributed by atoms with Crippen molar-refractivity contribution in [3.8, 4) is 0 Å². The number of ether oxygens (including phenoxy) is 1. The number of anilines is 1. The third-order valence-corrected chi connectivity index (χ3v) is 4.02. The third kappa shape index (κ3) is 3.55. The molecule has 0 aromatic heterocycles. The lowest BCUT2D eigenvalue weighted by atomic mass is 9.83. The van der Waals surface area contributed by atoms with Crippen LogP contribution in [0.2, 0.25) is 0 Å². The van der Waals surface area contributed by atoms with Gasteiger partial charge in [-0.3, -0.25) is 4.79 Å². The maximum absolute atomic E-state index is 12.3. The van der Waals surface area contributed by atoms with Gasteiger partial charge in [-0.2, -0.15) is 0 Å². The van der Waals surface area contributed by atoms with Crippen LogP contribution in [-0.4, -0.2) is 19.0 Å². The fourth-order valence-electron chi connectivity index (χ4n) is 2.64. The first-order valence-electron chi connectivity index (χ1n) is 7.49. The number of nitrogens with two attached hydrogens (primary N) is 3. The maximum Gasteiger partial charge on any atom is 0.330 e. The van der Waals surface area contributed by atoms with E-state index in [4.69, 9.17) is 21.9 Å². The van der Waals surface area contributed by atoms with Crippen molar-refractivity contribution >= 4 is 17.6 Å². The first-order valence-corrected chi connectivity index (χ1v) is 7.49. The van der Waals surface area contributed by atoms with E-state index in [9.17, 15) is 9.59 Å². The molecule has 6 heteroatoms. The zero-order valence-corrected chi connectivity index (χ0v) is 13.5. The zero-order valence-electron chi connectivity index (χ0n) is 13.5. The summed E-state index contributed by atoms with van der Waals surface area (Å²) in [6.45, 7) is 0. The Labute approximate surface area is 140 Å². The Kier molecular flexibility index (Phi) is 5.21. The standard InChI is InChI=1S/C18H21N3O3/c1-24-17(23)18(21,10-9-12-5-3-2-4-6-12)14-8-7-13(16(20)22)11-15(14)19/h2-8,11H,9-10,19,21H2,1H3,(H2,20,22)/t18-/m0/s1. The van der Waals surface area contributed by atoms with Gasteiger partial charge in [0.1, 0.15) is 5.54 Å². The summed E-state index contributed by atoms with van der Waals surface area (Å²) < 4.78 is 4.88. The molecule has 0 saturated heterocycles. The van der Waals surface area contributed by atoms with E-state index in [0.717, 1.165) is 5.56 Å². The van der Waals surface area contributed by atoms with E-state index < -0.39 is 17.4 Å². The molecule has 126 valence electrons. The smallest absolute Gasteiger partial charge is 0.330 e. The maximum atomic E-state index is 12.3. The van der Waals surface area contributed by atoms with Gasteiger partial charge < -0.3 is 21.9 Å². The highest BCUT2D eigenvalue weighted by atomic mass is 16.5. The second-order valence-electron chi connectivity index (χ2n) is 5.61. The number of amides is 1. The van der Waals surface area contributed by atoms with Gasteiger partial charge in [0.2, 0.25) is 5.91 Å². The van der Waals surface area contributed by atoms with E-state index in [1.54, 1.807) is 6.07 Å². The molecular formula is C18H21N3O3. The van der Waals surface area contributed by atoms with Crippen LogP contribution in [0.15, 0.2) is 48.5 Å². The van der Waals surface area contributed by atoms with Gasteiger partial charge in [0.15, 0.2) is 0 Å². The number of benzene rings is 2. The molecule has 6 nitrogen and oxygen atoms in total. The Morgan fingerprint density at radius 3 is 2.33 bits per heavy atom. The van der Waals surface area contributed by atoms with E-state index >= 15 is 0 Å². The zero-order chi connectivity index (χ0) is 17.7. The summed E-state index contributed by atoms with van der Waals surface area (Å²) in [5.74, 6) is -1.19. The Balaban J connectivity index is 2.37. The quantitative estimate of drug-likeness (QED) is 0.546. The van der Waals surface area contributed by atoms with Gasteiger partial charge in [-0.05, 0) is 30.5 Å². The number of hydrogen-bond acceptors (Lipinski definition) is 5. The van der Waals surface area contributed by atoms with Crippen LogP contribution in [-0.2, 0) is 21.5 Å². The van der Waals surface area contributed by atoms with Crippen LogP contribution in [0.4, 0.5) is 5.69 Å². The molecule has 0 radical (unpaired) electrons. The number of carbonyl (C=O) groups excluding carboxylic acids is 2. The first kappa shape index (κ1) is 17.5. The van der Waals surface area contributed by atoms with Crippen molar-refractivity contribution in [3.63, 3.8) is 0 Å². The normalized spacial score (nSPS) is 13.1. The van der Waals surface area contributed by atoms with E-state index in [2.05, 4.69) is 0 Å². The van der Waals surface area contributed by atoms with Crippen LogP contribution >= 0.6 is 0 Å². The number of rotatable bonds is 6. The molecular weight excluding hydrogens is 306 g/mol. The van der Waals surface area contributed by atoms with Crippen LogP contribution in [0.1, 0.15) is 27.9 Å². The molecule has 1 atom stereocenters. The molecule has 1 amide bonds. The van der Waals surface area contributed by atoms with E-state index in [0.29, 0.717) is 18.4 Å². The molecule has 0 saturated carbocycles. The van der Waals surface area contributed by atoms with Gasteiger partial charge in [0.25, 0.3) is 0 Å². The van der Waals surface area contributed by atoms with Gasteiger partial charge in [-0.25, -0.2) is 4.79 Å². The summed E-state index contributed by atoms with van der Waals surface area (Å²) in [4.78, 5) is 23.6. The average molecular weight is 327 g/mol. The largest absolute Gasteiger partial charge is 0.467 e. The molecule has 24 heavy (non-hydrogen) atoms. The Hall–Kier alpha value is -2.86. The highest BCUT2D eigenvalue weighted by molar-refractivity contribution is 5.94. The third-order valence-electron chi connectivity index (χ3n) is 4.02. The molecule has 0 unspecified atom stereocenters. The SMILES string of the molecule is COC(=O)[C@](N)(CCc1ccccc1)c1ccc(C(N)=O)cc1N. The minimum Gasteiger partial charge on any atom is -0.467 e. The number of methoxy groups -OCH3 is 1. The number of nitrogen functional groups attached to an aromatic ring is 1. The summed E-state index contributed by atoms with van der Waals surface area (Å²) in [6.07, 6.45) is 0.882. The predicted molar refractivity (Wildman–Crippen MR) is 92.0 cm³/mol. The molecule has 0 aliphatic heterocycles. The van der Waals surface area contributed by atoms with E-state index in [1.165, 1.54) is 19.2 Å². The molecule has 0 spiro atoms. The molecule has 0 aliphatic carbocycles. The highest BCUT2D eigenvalue weighted by Crippen LogP contribution is 2.31. The van der Waals surface area contributed by atoms with E-state index in [1.807, 2.05) is 30.3 Å². The summed E-state index contributed by atoms with van der Waals surface area (Å²) in [7, 11) is 1.28. The lowest BCUT2D eigenvalue weighted by Gasteiger charge is -2.28. The van der Waals surface area contributed by atoms with Crippen LogP contribution < -0.4 is 17.2 Å². The Morgan fingerprint density at radius 1 is 1.12 bits per heavy atom. The number of primary amides is 1. The average Bonchev–Trinajstić information content (AvgIpc) is 2.59. The highest BCUT2D eigenvalue weighted by Gasteiger charge is 2.38. The second kappa shape index (κ2) is 7.14. The lowest BCUT2D eigenvalue weighted by Crippen LogP contribution is -2.46. The minimum absolute atomic E-state index is 0.229. The van der Waals surface area contributed by atoms with Crippen LogP contribution in [0.5, 0.6) is 0 Å². The molecule has 0 heterocycles. The van der Waals surface area contributed by atoms with Gasteiger partial charge in [-0.1, -0.05) is 36.4 Å². The molecule has 0 fully saturated rings. The molecule has 0 aliphatic rings. The van der Waals surface area contributed by atoms with Crippen molar-refractivity contribution in [1.29, 1.82) is 0 Å². The van der Waals surface area contributed by atoms with Gasteiger partial charge in [0, 0.05) is 16.8 Å². The fraction of sp³-hybridized carbons (Fsp3) is 0.222. The summed E-state index contributed by atoms with van der Waals surface area (Å²) in [5.41, 5.74) is 18.2. The number of carbonyl (C=O) groups is 2. The summed E-state index contributed by atoms with van der Waals surface area (Å²) >= 11 is 0. The molecule has 2 aromatic rings. The first-order chi connectivity index (χ1) is 11.4. The van der Waals surface area contributed by atoms with Crippen LogP contribution in [0.25, 0.3) is 0 Å². The van der Waals surface area contributed by atoms with Gasteiger partial charge in [0.05, 0.1) is 7.11 Å². The minimum atomic E-state index is -1.41. The molecule has 2 rings (SSSR count). The van der Waals surface area contributed by atoms with Crippen molar-refractivity contribution in [2.75, 3.05) is 12.8 Å². The van der Waals surface area contributed by atoms with Gasteiger partial charge >= 0.3 is 5.97 Å². The van der Waals surface area contributed by atoms with Crippen molar-refractivity contribution in [1.82, 2.24) is 0 Å². The van der Waals surface area contributed by atoms with Crippen molar-refractivity contribution in [2.24, 2.45) is 11.5 Å². The summed E-state index contributed by atoms with van der Waals surface area (Å²) in [6, 6.07) is 14.1. The van der Waals surface area contributed by atoms with Crippen LogP contribution in [0.3, 0.4) is 0 Å². The molecule has 2 aromatic carbocycles. The number of esters is 1. The molecule has 6 N–H and O–H groups in total. The van der Waals surface area contributed by atoms with E-state index in [-0.39, 0.29) is 11.3 Å². The summed E-state index contributed by atoms with van der Waals surface area (Å²) in [5, 5.41) is 0. The number of aryl methyl sites for hydroxylation is 1. The lowest BCUT2D eigenvalue weighted by molar-refractivity contribution is -0.147. The van der Waals surface area contributed by atoms with Crippen molar-refractivity contribution < 1.29 is 14.3 Å².